The van der Waals surface area contributed by atoms with Gasteiger partial charge in [-0.05, 0) is 30.7 Å². The number of hydrogen-bond donors (Lipinski definition) is 0. The number of Topliss-reactive ketones (excluding diaryl/α,β-unsaturated/α-hetero) is 1. The largest absolute Gasteiger partial charge is 0.431 e. The molecule has 0 unspecified atom stereocenters. The SMILES string of the molecule is Cc1ccc(C(=O)CSc2nc3ccccc3o2)cc1Cl. The molecule has 21 heavy (non-hydrogen) atoms. The van der Waals surface area contributed by atoms with Crippen LogP contribution in [0.5, 0.6) is 0 Å². The van der Waals surface area contributed by atoms with Gasteiger partial charge >= 0.3 is 0 Å². The summed E-state index contributed by atoms with van der Waals surface area (Å²) in [6.45, 7) is 1.91. The highest BCUT2D eigenvalue weighted by molar-refractivity contribution is 7.99. The van der Waals surface area contributed by atoms with Crippen molar-refractivity contribution in [3.63, 3.8) is 0 Å². The molecule has 0 N–H and O–H groups in total. The normalized spacial score (nSPS) is 11.0. The van der Waals surface area contributed by atoms with Gasteiger partial charge in [0.25, 0.3) is 5.22 Å². The Hall–Kier alpha value is -1.78. The molecule has 106 valence electrons. The highest BCUT2D eigenvalue weighted by Gasteiger charge is 2.11. The number of thioether (sulfide) groups is 1. The van der Waals surface area contributed by atoms with E-state index in [2.05, 4.69) is 4.98 Å². The van der Waals surface area contributed by atoms with Crippen LogP contribution >= 0.6 is 23.4 Å². The molecule has 3 nitrogen and oxygen atoms in total. The van der Waals surface area contributed by atoms with E-state index in [4.69, 9.17) is 16.0 Å². The number of carbonyl (C=O) groups is 1. The summed E-state index contributed by atoms with van der Waals surface area (Å²) in [6.07, 6.45) is 0. The first-order chi connectivity index (χ1) is 10.1. The van der Waals surface area contributed by atoms with Gasteiger partial charge in [0.15, 0.2) is 11.4 Å². The lowest BCUT2D eigenvalue weighted by Gasteiger charge is -2.02. The quantitative estimate of drug-likeness (QED) is 0.514. The summed E-state index contributed by atoms with van der Waals surface area (Å²) in [5.74, 6) is 0.274. The highest BCUT2D eigenvalue weighted by Crippen LogP contribution is 2.24. The summed E-state index contributed by atoms with van der Waals surface area (Å²) in [6, 6.07) is 12.9. The summed E-state index contributed by atoms with van der Waals surface area (Å²) in [7, 11) is 0. The fourth-order valence-corrected chi connectivity index (χ4v) is 2.80. The van der Waals surface area contributed by atoms with Crippen LogP contribution in [0.15, 0.2) is 52.1 Å². The smallest absolute Gasteiger partial charge is 0.257 e. The number of ketones is 1. The van der Waals surface area contributed by atoms with Crippen molar-refractivity contribution in [2.24, 2.45) is 0 Å². The number of aryl methyl sites for hydroxylation is 1. The van der Waals surface area contributed by atoms with E-state index in [1.807, 2.05) is 37.3 Å². The molecule has 0 saturated heterocycles. The first kappa shape index (κ1) is 14.2. The van der Waals surface area contributed by atoms with Crippen LogP contribution in [0, 0.1) is 6.92 Å². The van der Waals surface area contributed by atoms with Crippen LogP contribution in [0.2, 0.25) is 5.02 Å². The molecule has 0 bridgehead atoms. The molecular formula is C16H12ClNO2S. The van der Waals surface area contributed by atoms with E-state index in [9.17, 15) is 4.79 Å². The molecule has 1 heterocycles. The van der Waals surface area contributed by atoms with Crippen molar-refractivity contribution in [1.29, 1.82) is 0 Å². The van der Waals surface area contributed by atoms with Gasteiger partial charge in [-0.3, -0.25) is 4.79 Å². The van der Waals surface area contributed by atoms with Gasteiger partial charge in [-0.15, -0.1) is 0 Å². The molecule has 0 radical (unpaired) electrons. The van der Waals surface area contributed by atoms with Crippen molar-refractivity contribution in [3.05, 3.63) is 58.6 Å². The van der Waals surface area contributed by atoms with Crippen LogP contribution in [-0.2, 0) is 0 Å². The fraction of sp³-hybridized carbons (Fsp3) is 0.125. The maximum Gasteiger partial charge on any atom is 0.257 e. The molecule has 0 aliphatic heterocycles. The molecular weight excluding hydrogens is 306 g/mol. The van der Waals surface area contributed by atoms with Crippen molar-refractivity contribution in [2.75, 3.05) is 5.75 Å². The lowest BCUT2D eigenvalue weighted by molar-refractivity contribution is 0.102. The zero-order valence-electron chi connectivity index (χ0n) is 11.3. The molecule has 2 aromatic carbocycles. The van der Waals surface area contributed by atoms with Gasteiger partial charge < -0.3 is 4.42 Å². The summed E-state index contributed by atoms with van der Waals surface area (Å²) in [5.41, 5.74) is 3.09. The summed E-state index contributed by atoms with van der Waals surface area (Å²) in [4.78, 5) is 16.5. The minimum Gasteiger partial charge on any atom is -0.431 e. The molecule has 0 fully saturated rings. The molecule has 0 spiro atoms. The Labute approximate surface area is 131 Å². The van der Waals surface area contributed by atoms with Gasteiger partial charge in [-0.25, -0.2) is 4.98 Å². The standard InChI is InChI=1S/C16H12ClNO2S/c1-10-6-7-11(8-12(10)17)14(19)9-21-16-18-13-4-2-3-5-15(13)20-16/h2-8H,9H2,1H3. The molecule has 1 aromatic heterocycles. The zero-order chi connectivity index (χ0) is 14.8. The molecule has 0 aliphatic carbocycles. The first-order valence-electron chi connectivity index (χ1n) is 6.41. The number of hydrogen-bond acceptors (Lipinski definition) is 4. The van der Waals surface area contributed by atoms with Gasteiger partial charge in [0.05, 0.1) is 5.75 Å². The lowest BCUT2D eigenvalue weighted by atomic mass is 10.1. The van der Waals surface area contributed by atoms with Gasteiger partial charge in [-0.2, -0.15) is 0 Å². The minimum absolute atomic E-state index is 0.00385. The second-order valence-electron chi connectivity index (χ2n) is 4.62. The summed E-state index contributed by atoms with van der Waals surface area (Å²) >= 11 is 7.33. The number of carbonyl (C=O) groups excluding carboxylic acids is 1. The van der Waals surface area contributed by atoms with Crippen molar-refractivity contribution in [2.45, 2.75) is 12.1 Å². The minimum atomic E-state index is 0.00385. The van der Waals surface area contributed by atoms with E-state index in [0.717, 1.165) is 16.7 Å². The van der Waals surface area contributed by atoms with Gasteiger partial charge in [0, 0.05) is 10.6 Å². The Balaban J connectivity index is 1.71. The average Bonchev–Trinajstić information content (AvgIpc) is 2.90. The number of oxazole rings is 1. The second-order valence-corrected chi connectivity index (χ2v) is 5.96. The molecule has 0 saturated carbocycles. The first-order valence-corrected chi connectivity index (χ1v) is 7.77. The average molecular weight is 318 g/mol. The van der Waals surface area contributed by atoms with E-state index in [0.29, 0.717) is 15.8 Å². The Kier molecular flexibility index (Phi) is 3.99. The van der Waals surface area contributed by atoms with Gasteiger partial charge in [-0.1, -0.05) is 47.6 Å². The third-order valence-corrected chi connectivity index (χ3v) is 4.33. The van der Waals surface area contributed by atoms with E-state index < -0.39 is 0 Å². The molecule has 0 aliphatic rings. The van der Waals surface area contributed by atoms with Gasteiger partial charge in [0.1, 0.15) is 5.52 Å². The van der Waals surface area contributed by atoms with E-state index in [1.54, 1.807) is 12.1 Å². The van der Waals surface area contributed by atoms with E-state index >= 15 is 0 Å². The summed E-state index contributed by atoms with van der Waals surface area (Å²) < 4.78 is 5.57. The number of rotatable bonds is 4. The van der Waals surface area contributed by atoms with Crippen molar-refractivity contribution < 1.29 is 9.21 Å². The molecule has 0 amide bonds. The number of fused-ring (bicyclic) bond motifs is 1. The maximum absolute atomic E-state index is 12.1. The Morgan fingerprint density at radius 1 is 1.29 bits per heavy atom. The number of benzene rings is 2. The zero-order valence-corrected chi connectivity index (χ0v) is 12.9. The number of nitrogens with zero attached hydrogens (tertiary/aromatic N) is 1. The molecule has 3 aromatic rings. The Morgan fingerprint density at radius 2 is 2.10 bits per heavy atom. The number of aromatic nitrogens is 1. The molecule has 5 heteroatoms. The number of para-hydroxylation sites is 2. The highest BCUT2D eigenvalue weighted by atomic mass is 35.5. The second kappa shape index (κ2) is 5.92. The molecule has 3 rings (SSSR count). The maximum atomic E-state index is 12.1. The van der Waals surface area contributed by atoms with Crippen molar-refractivity contribution >= 4 is 40.2 Å². The van der Waals surface area contributed by atoms with Crippen molar-refractivity contribution in [3.8, 4) is 0 Å². The topological polar surface area (TPSA) is 43.1 Å². The molecule has 0 atom stereocenters. The Morgan fingerprint density at radius 3 is 2.86 bits per heavy atom. The number of halogens is 1. The predicted octanol–water partition coefficient (Wildman–Crippen LogP) is 4.76. The summed E-state index contributed by atoms with van der Waals surface area (Å²) in [5, 5.41) is 1.11. The van der Waals surface area contributed by atoms with Crippen molar-refractivity contribution in [1.82, 2.24) is 4.98 Å². The Bertz CT molecular complexity index is 780. The monoisotopic (exact) mass is 317 g/mol. The third kappa shape index (κ3) is 3.12. The van der Waals surface area contributed by atoms with Gasteiger partial charge in [0.2, 0.25) is 0 Å². The van der Waals surface area contributed by atoms with E-state index in [1.165, 1.54) is 11.8 Å². The van der Waals surface area contributed by atoms with Crippen LogP contribution in [-0.4, -0.2) is 16.5 Å². The predicted molar refractivity (Wildman–Crippen MR) is 85.3 cm³/mol. The van der Waals surface area contributed by atoms with E-state index in [-0.39, 0.29) is 11.5 Å². The van der Waals surface area contributed by atoms with Crippen LogP contribution in [0.25, 0.3) is 11.1 Å². The third-order valence-electron chi connectivity index (χ3n) is 3.09. The fourth-order valence-electron chi connectivity index (χ4n) is 1.89. The van der Waals surface area contributed by atoms with Crippen LogP contribution < -0.4 is 0 Å². The van der Waals surface area contributed by atoms with Crippen LogP contribution in [0.1, 0.15) is 15.9 Å². The lowest BCUT2D eigenvalue weighted by Crippen LogP contribution is -2.02. The van der Waals surface area contributed by atoms with Crippen LogP contribution in [0.3, 0.4) is 0 Å². The van der Waals surface area contributed by atoms with Crippen LogP contribution in [0.4, 0.5) is 0 Å².